The minimum Gasteiger partial charge on any atom is -0.497 e. The van der Waals surface area contributed by atoms with Crippen molar-refractivity contribution in [2.45, 2.75) is 78.0 Å². The van der Waals surface area contributed by atoms with Gasteiger partial charge in [-0.15, -0.1) is 0 Å². The highest BCUT2D eigenvalue weighted by Gasteiger charge is 2.52. The molecule has 1 amide bonds. The highest BCUT2D eigenvalue weighted by atomic mass is 16.6. The smallest absolute Gasteiger partial charge is 0.410 e. The molecule has 0 aromatic heterocycles. The number of piperidine rings is 2. The van der Waals surface area contributed by atoms with Gasteiger partial charge in [-0.1, -0.05) is 19.1 Å². The first-order valence-electron chi connectivity index (χ1n) is 12.6. The van der Waals surface area contributed by atoms with Gasteiger partial charge in [0, 0.05) is 25.2 Å². The van der Waals surface area contributed by atoms with E-state index in [1.807, 2.05) is 32.9 Å². The number of carboxylic acids is 1. The molecule has 3 unspecified atom stereocenters. The molecule has 2 aliphatic rings. The van der Waals surface area contributed by atoms with E-state index in [2.05, 4.69) is 30.9 Å². The number of carboxylic acid groups (broad SMARTS) is 1. The Morgan fingerprint density at radius 2 is 1.71 bits per heavy atom. The van der Waals surface area contributed by atoms with E-state index in [0.29, 0.717) is 19.0 Å². The van der Waals surface area contributed by atoms with Gasteiger partial charge in [-0.25, -0.2) is 4.79 Å². The second-order valence-electron chi connectivity index (χ2n) is 11.1. The average molecular weight is 475 g/mol. The van der Waals surface area contributed by atoms with Crippen LogP contribution < -0.4 is 4.74 Å². The number of hydrogen-bond acceptors (Lipinski definition) is 5. The van der Waals surface area contributed by atoms with E-state index in [9.17, 15) is 14.7 Å². The SMILES string of the molecule is CCC1(C)C(C(=O)O)C(C2CCN(C(=O)OC(C)(C)C)CC2)CCN1Cc1ccc(OC)cc1. The molecule has 2 aliphatic heterocycles. The molecule has 0 aliphatic carbocycles. The fourth-order valence-electron chi connectivity index (χ4n) is 5.83. The van der Waals surface area contributed by atoms with Gasteiger partial charge in [0.15, 0.2) is 0 Å². The van der Waals surface area contributed by atoms with Gasteiger partial charge >= 0.3 is 12.1 Å². The van der Waals surface area contributed by atoms with E-state index in [1.165, 1.54) is 0 Å². The summed E-state index contributed by atoms with van der Waals surface area (Å²) in [4.78, 5) is 29.3. The molecule has 2 heterocycles. The number of rotatable bonds is 6. The minimum atomic E-state index is -0.705. The summed E-state index contributed by atoms with van der Waals surface area (Å²) in [5.74, 6) is 0.0805. The van der Waals surface area contributed by atoms with E-state index in [1.54, 1.807) is 12.0 Å². The number of methoxy groups -OCH3 is 1. The number of ether oxygens (including phenoxy) is 2. The highest BCUT2D eigenvalue weighted by Crippen LogP contribution is 2.46. The topological polar surface area (TPSA) is 79.3 Å². The van der Waals surface area contributed by atoms with Crippen LogP contribution in [0.2, 0.25) is 0 Å². The van der Waals surface area contributed by atoms with Crippen molar-refractivity contribution in [1.29, 1.82) is 0 Å². The first-order chi connectivity index (χ1) is 16.0. The molecule has 1 N–H and O–H groups in total. The molecule has 3 atom stereocenters. The molecule has 190 valence electrons. The van der Waals surface area contributed by atoms with Crippen LogP contribution in [0.1, 0.15) is 65.9 Å². The van der Waals surface area contributed by atoms with Gasteiger partial charge < -0.3 is 19.5 Å². The average Bonchev–Trinajstić information content (AvgIpc) is 2.79. The third kappa shape index (κ3) is 5.85. The minimum absolute atomic E-state index is 0.107. The molecule has 0 radical (unpaired) electrons. The Morgan fingerprint density at radius 3 is 2.21 bits per heavy atom. The first kappa shape index (κ1) is 26.3. The van der Waals surface area contributed by atoms with Gasteiger partial charge in [-0.2, -0.15) is 0 Å². The Balaban J connectivity index is 1.71. The molecule has 0 spiro atoms. The number of carbonyl (C=O) groups is 2. The molecule has 0 bridgehead atoms. The predicted octanol–water partition coefficient (Wildman–Crippen LogP) is 5.03. The van der Waals surface area contributed by atoms with Gasteiger partial charge in [-0.3, -0.25) is 9.69 Å². The molecule has 2 fully saturated rings. The summed E-state index contributed by atoms with van der Waals surface area (Å²) in [6.07, 6.45) is 3.01. The van der Waals surface area contributed by atoms with E-state index in [0.717, 1.165) is 50.1 Å². The summed E-state index contributed by atoms with van der Waals surface area (Å²) >= 11 is 0. The summed E-state index contributed by atoms with van der Waals surface area (Å²) in [7, 11) is 1.66. The van der Waals surface area contributed by atoms with Gasteiger partial charge in [0.05, 0.1) is 13.0 Å². The molecule has 34 heavy (non-hydrogen) atoms. The van der Waals surface area contributed by atoms with Crippen LogP contribution in [0, 0.1) is 17.8 Å². The second-order valence-corrected chi connectivity index (χ2v) is 11.1. The molecular weight excluding hydrogens is 432 g/mol. The fraction of sp³-hybridized carbons (Fsp3) is 0.704. The molecule has 3 rings (SSSR count). The number of nitrogens with zero attached hydrogens (tertiary/aromatic N) is 2. The van der Waals surface area contributed by atoms with Crippen LogP contribution >= 0.6 is 0 Å². The number of aliphatic carboxylic acids is 1. The lowest BCUT2D eigenvalue weighted by Crippen LogP contribution is -2.61. The Bertz CT molecular complexity index is 842. The van der Waals surface area contributed by atoms with Crippen LogP contribution in [0.3, 0.4) is 0 Å². The van der Waals surface area contributed by atoms with Crippen LogP contribution in [-0.2, 0) is 16.1 Å². The Kier molecular flexibility index (Phi) is 8.17. The van der Waals surface area contributed by atoms with Crippen molar-refractivity contribution < 1.29 is 24.2 Å². The number of benzene rings is 1. The van der Waals surface area contributed by atoms with E-state index in [4.69, 9.17) is 9.47 Å². The Labute approximate surface area is 204 Å². The number of hydrogen-bond donors (Lipinski definition) is 1. The zero-order chi connectivity index (χ0) is 25.1. The highest BCUT2D eigenvalue weighted by molar-refractivity contribution is 5.72. The van der Waals surface area contributed by atoms with E-state index in [-0.39, 0.29) is 12.0 Å². The molecule has 1 aromatic carbocycles. The van der Waals surface area contributed by atoms with Crippen LogP contribution in [-0.4, -0.2) is 64.9 Å². The maximum absolute atomic E-state index is 12.7. The van der Waals surface area contributed by atoms with Gasteiger partial charge in [0.2, 0.25) is 0 Å². The van der Waals surface area contributed by atoms with Crippen LogP contribution in [0.4, 0.5) is 4.79 Å². The van der Waals surface area contributed by atoms with Crippen molar-refractivity contribution in [3.63, 3.8) is 0 Å². The summed E-state index contributed by atoms with van der Waals surface area (Å²) in [6.45, 7) is 12.7. The van der Waals surface area contributed by atoms with Crippen molar-refractivity contribution in [2.75, 3.05) is 26.7 Å². The summed E-state index contributed by atoms with van der Waals surface area (Å²) in [5.41, 5.74) is 0.215. The standard InChI is InChI=1S/C27H42N2O5/c1-7-27(5)23(24(30)31)22(14-17-29(27)18-19-8-10-21(33-6)11-9-19)20-12-15-28(16-13-20)25(32)34-26(2,3)4/h8-11,20,22-23H,7,12-18H2,1-6H3,(H,30,31). The van der Waals surface area contributed by atoms with E-state index < -0.39 is 23.0 Å². The molecule has 7 nitrogen and oxygen atoms in total. The van der Waals surface area contributed by atoms with Crippen molar-refractivity contribution in [2.24, 2.45) is 17.8 Å². The third-order valence-electron chi connectivity index (χ3n) is 7.86. The summed E-state index contributed by atoms with van der Waals surface area (Å²) in [6, 6.07) is 8.03. The number of amides is 1. The molecule has 2 saturated heterocycles. The lowest BCUT2D eigenvalue weighted by molar-refractivity contribution is -0.159. The lowest BCUT2D eigenvalue weighted by Gasteiger charge is -2.54. The van der Waals surface area contributed by atoms with Gasteiger partial charge in [-0.05, 0) is 89.5 Å². The molecule has 7 heteroatoms. The Hall–Kier alpha value is -2.28. The van der Waals surface area contributed by atoms with Crippen LogP contribution in [0.15, 0.2) is 24.3 Å². The summed E-state index contributed by atoms with van der Waals surface area (Å²) < 4.78 is 10.8. The van der Waals surface area contributed by atoms with Crippen molar-refractivity contribution in [3.05, 3.63) is 29.8 Å². The zero-order valence-corrected chi connectivity index (χ0v) is 21.7. The number of carbonyl (C=O) groups excluding carboxylic acids is 1. The van der Waals surface area contributed by atoms with E-state index >= 15 is 0 Å². The third-order valence-corrected chi connectivity index (χ3v) is 7.86. The normalized spacial score (nSPS) is 26.8. The monoisotopic (exact) mass is 474 g/mol. The zero-order valence-electron chi connectivity index (χ0n) is 21.7. The lowest BCUT2D eigenvalue weighted by atomic mass is 9.63. The van der Waals surface area contributed by atoms with Crippen molar-refractivity contribution in [1.82, 2.24) is 9.80 Å². The second kappa shape index (κ2) is 10.5. The largest absolute Gasteiger partial charge is 0.497 e. The fourth-order valence-corrected chi connectivity index (χ4v) is 5.83. The maximum atomic E-state index is 12.7. The molecule has 0 saturated carbocycles. The van der Waals surface area contributed by atoms with Crippen molar-refractivity contribution in [3.8, 4) is 5.75 Å². The molecule has 1 aromatic rings. The predicted molar refractivity (Wildman–Crippen MR) is 132 cm³/mol. The first-order valence-corrected chi connectivity index (χ1v) is 12.6. The quantitative estimate of drug-likeness (QED) is 0.623. The van der Waals surface area contributed by atoms with Crippen molar-refractivity contribution >= 4 is 12.1 Å². The van der Waals surface area contributed by atoms with Gasteiger partial charge in [0.25, 0.3) is 0 Å². The Morgan fingerprint density at radius 1 is 1.09 bits per heavy atom. The van der Waals surface area contributed by atoms with Gasteiger partial charge in [0.1, 0.15) is 11.4 Å². The summed E-state index contributed by atoms with van der Waals surface area (Å²) in [5, 5.41) is 10.4. The maximum Gasteiger partial charge on any atom is 0.410 e. The van der Waals surface area contributed by atoms with Crippen LogP contribution in [0.25, 0.3) is 0 Å². The molecular formula is C27H42N2O5. The number of likely N-dealkylation sites (tertiary alicyclic amines) is 2. The van der Waals surface area contributed by atoms with Crippen LogP contribution in [0.5, 0.6) is 5.75 Å².